The molecule has 0 saturated heterocycles. The quantitative estimate of drug-likeness (QED) is 0.874. The van der Waals surface area contributed by atoms with Crippen LogP contribution < -0.4 is 5.32 Å². The molecule has 0 bridgehead atoms. The number of rotatable bonds is 5. The molecule has 2 aliphatic rings. The summed E-state index contributed by atoms with van der Waals surface area (Å²) in [4.78, 5) is 25.5. The highest BCUT2D eigenvalue weighted by molar-refractivity contribution is 5.95. The largest absolute Gasteiger partial charge is 0.478 e. The molecule has 112 valence electrons. The minimum atomic E-state index is -0.972. The van der Waals surface area contributed by atoms with Crippen molar-refractivity contribution in [1.82, 2.24) is 4.90 Å². The third-order valence-corrected chi connectivity index (χ3v) is 4.21. The van der Waals surface area contributed by atoms with Crippen LogP contribution in [0, 0.1) is 12.8 Å². The molecule has 2 N–H and O–H groups in total. The average molecular weight is 288 g/mol. The third-order valence-electron chi connectivity index (χ3n) is 4.21. The maximum atomic E-state index is 12.5. The Balaban J connectivity index is 1.73. The first-order valence-corrected chi connectivity index (χ1v) is 7.47. The molecule has 2 fully saturated rings. The van der Waals surface area contributed by atoms with Gasteiger partial charge in [-0.25, -0.2) is 9.59 Å². The number of urea groups is 1. The molecule has 5 nitrogen and oxygen atoms in total. The molecule has 1 aromatic carbocycles. The lowest BCUT2D eigenvalue weighted by molar-refractivity contribution is 0.0696. The minimum absolute atomic E-state index is 0.102. The average Bonchev–Trinajstić information content (AvgIpc) is 3.31. The molecule has 3 rings (SSSR count). The zero-order valence-electron chi connectivity index (χ0n) is 12.1. The number of carboxylic acid groups (broad SMARTS) is 1. The summed E-state index contributed by atoms with van der Waals surface area (Å²) in [7, 11) is 0. The van der Waals surface area contributed by atoms with Gasteiger partial charge >= 0.3 is 12.0 Å². The Hall–Kier alpha value is -2.04. The fourth-order valence-corrected chi connectivity index (χ4v) is 2.55. The normalized spacial score (nSPS) is 17.4. The second-order valence-corrected chi connectivity index (χ2v) is 6.04. The molecule has 0 unspecified atom stereocenters. The van der Waals surface area contributed by atoms with Crippen LogP contribution in [0.3, 0.4) is 0 Å². The summed E-state index contributed by atoms with van der Waals surface area (Å²) < 4.78 is 0. The number of carbonyl (C=O) groups excluding carboxylic acids is 1. The predicted octanol–water partition coefficient (Wildman–Crippen LogP) is 3.10. The maximum absolute atomic E-state index is 12.5. The smallest absolute Gasteiger partial charge is 0.336 e. The van der Waals surface area contributed by atoms with E-state index in [4.69, 9.17) is 5.11 Å². The number of hydrogen-bond acceptors (Lipinski definition) is 2. The van der Waals surface area contributed by atoms with Crippen molar-refractivity contribution in [3.05, 3.63) is 29.3 Å². The van der Waals surface area contributed by atoms with Crippen LogP contribution in [0.5, 0.6) is 0 Å². The minimum Gasteiger partial charge on any atom is -0.478 e. The van der Waals surface area contributed by atoms with Crippen molar-refractivity contribution in [3.8, 4) is 0 Å². The first kappa shape index (κ1) is 13.9. The van der Waals surface area contributed by atoms with Crippen LogP contribution in [0.15, 0.2) is 18.2 Å². The Morgan fingerprint density at radius 1 is 1.29 bits per heavy atom. The summed E-state index contributed by atoms with van der Waals surface area (Å²) in [6, 6.07) is 5.23. The molecule has 21 heavy (non-hydrogen) atoms. The second-order valence-electron chi connectivity index (χ2n) is 6.04. The molecule has 0 atom stereocenters. The van der Waals surface area contributed by atoms with Gasteiger partial charge in [-0.3, -0.25) is 0 Å². The van der Waals surface area contributed by atoms with Gasteiger partial charge in [-0.05, 0) is 56.2 Å². The highest BCUT2D eigenvalue weighted by Crippen LogP contribution is 2.35. The van der Waals surface area contributed by atoms with Crippen molar-refractivity contribution in [2.75, 3.05) is 11.9 Å². The lowest BCUT2D eigenvalue weighted by Gasteiger charge is -2.23. The van der Waals surface area contributed by atoms with Crippen LogP contribution in [-0.4, -0.2) is 34.6 Å². The number of carboxylic acids is 1. The zero-order chi connectivity index (χ0) is 15.0. The van der Waals surface area contributed by atoms with Crippen LogP contribution in [0.1, 0.15) is 41.6 Å². The molecular weight excluding hydrogens is 268 g/mol. The molecule has 1 aromatic rings. The molecule has 0 heterocycles. The summed E-state index contributed by atoms with van der Waals surface area (Å²) in [5.74, 6) is -0.316. The summed E-state index contributed by atoms with van der Waals surface area (Å²) in [5.41, 5.74) is 1.41. The van der Waals surface area contributed by atoms with Gasteiger partial charge in [0.15, 0.2) is 0 Å². The molecule has 0 radical (unpaired) electrons. The molecule has 0 aliphatic heterocycles. The van der Waals surface area contributed by atoms with E-state index < -0.39 is 5.97 Å². The maximum Gasteiger partial charge on any atom is 0.336 e. The number of benzene rings is 1. The number of anilines is 1. The molecule has 2 amide bonds. The highest BCUT2D eigenvalue weighted by atomic mass is 16.4. The summed E-state index contributed by atoms with van der Waals surface area (Å²) >= 11 is 0. The molecule has 0 aromatic heterocycles. The van der Waals surface area contributed by atoms with E-state index in [1.54, 1.807) is 25.1 Å². The molecule has 2 aliphatic carbocycles. The molecular formula is C16H20N2O3. The predicted molar refractivity (Wildman–Crippen MR) is 79.6 cm³/mol. The van der Waals surface area contributed by atoms with Crippen molar-refractivity contribution in [3.63, 3.8) is 0 Å². The Morgan fingerprint density at radius 2 is 2.00 bits per heavy atom. The highest BCUT2D eigenvalue weighted by Gasteiger charge is 2.36. The number of nitrogens with zero attached hydrogens (tertiary/aromatic N) is 1. The van der Waals surface area contributed by atoms with Crippen molar-refractivity contribution < 1.29 is 14.7 Å². The number of hydrogen-bond donors (Lipinski definition) is 2. The van der Waals surface area contributed by atoms with Gasteiger partial charge < -0.3 is 15.3 Å². The SMILES string of the molecule is Cc1c(NC(=O)N(CC2CC2)C2CC2)cccc1C(=O)O. The lowest BCUT2D eigenvalue weighted by Crippen LogP contribution is -2.38. The van der Waals surface area contributed by atoms with Crippen LogP contribution >= 0.6 is 0 Å². The Morgan fingerprint density at radius 3 is 2.57 bits per heavy atom. The number of nitrogens with one attached hydrogen (secondary N) is 1. The van der Waals surface area contributed by atoms with Crippen molar-refractivity contribution in [1.29, 1.82) is 0 Å². The Kier molecular flexibility index (Phi) is 3.57. The van der Waals surface area contributed by atoms with Gasteiger partial charge in [0.25, 0.3) is 0 Å². The first-order valence-electron chi connectivity index (χ1n) is 7.47. The second kappa shape index (κ2) is 5.39. The van der Waals surface area contributed by atoms with Gasteiger partial charge in [-0.1, -0.05) is 6.07 Å². The van der Waals surface area contributed by atoms with E-state index in [0.717, 1.165) is 19.4 Å². The number of carbonyl (C=O) groups is 2. The standard InChI is InChI=1S/C16H20N2O3/c1-10-13(15(19)20)3-2-4-14(10)17-16(21)18(12-7-8-12)9-11-5-6-11/h2-4,11-12H,5-9H2,1H3,(H,17,21)(H,19,20). The number of aromatic carboxylic acids is 1. The first-order chi connectivity index (χ1) is 10.1. The molecule has 5 heteroatoms. The van der Waals surface area contributed by atoms with Gasteiger partial charge in [0.05, 0.1) is 5.56 Å². The van der Waals surface area contributed by atoms with E-state index in [1.807, 2.05) is 4.90 Å². The van der Waals surface area contributed by atoms with Gasteiger partial charge in [0, 0.05) is 18.3 Å². The Bertz CT molecular complexity index is 577. The zero-order valence-corrected chi connectivity index (χ0v) is 12.1. The van der Waals surface area contributed by atoms with Crippen LogP contribution in [0.25, 0.3) is 0 Å². The number of amides is 2. The van der Waals surface area contributed by atoms with Gasteiger partial charge in [-0.15, -0.1) is 0 Å². The molecule has 0 spiro atoms. The fourth-order valence-electron chi connectivity index (χ4n) is 2.55. The fraction of sp³-hybridized carbons (Fsp3) is 0.500. The van der Waals surface area contributed by atoms with E-state index in [1.165, 1.54) is 12.8 Å². The van der Waals surface area contributed by atoms with Crippen molar-refractivity contribution in [2.45, 2.75) is 38.6 Å². The van der Waals surface area contributed by atoms with Crippen molar-refractivity contribution in [2.24, 2.45) is 5.92 Å². The topological polar surface area (TPSA) is 69.6 Å². The van der Waals surface area contributed by atoms with Crippen LogP contribution in [0.2, 0.25) is 0 Å². The third kappa shape index (κ3) is 3.17. The van der Waals surface area contributed by atoms with Gasteiger partial charge in [0.2, 0.25) is 0 Å². The van der Waals surface area contributed by atoms with Crippen molar-refractivity contribution >= 4 is 17.7 Å². The van der Waals surface area contributed by atoms with Gasteiger partial charge in [-0.2, -0.15) is 0 Å². The summed E-state index contributed by atoms with van der Waals surface area (Å²) in [6.45, 7) is 2.55. The summed E-state index contributed by atoms with van der Waals surface area (Å²) in [5, 5.41) is 12.0. The van der Waals surface area contributed by atoms with Crippen LogP contribution in [0.4, 0.5) is 10.5 Å². The van der Waals surface area contributed by atoms with Gasteiger partial charge in [0.1, 0.15) is 0 Å². The Labute approximate surface area is 123 Å². The lowest BCUT2D eigenvalue weighted by atomic mass is 10.1. The molecule has 2 saturated carbocycles. The monoisotopic (exact) mass is 288 g/mol. The van der Waals surface area contributed by atoms with E-state index in [2.05, 4.69) is 5.32 Å². The summed E-state index contributed by atoms with van der Waals surface area (Å²) in [6.07, 6.45) is 4.58. The van der Waals surface area contributed by atoms with Crippen LogP contribution in [-0.2, 0) is 0 Å². The van der Waals surface area contributed by atoms with E-state index >= 15 is 0 Å². The van der Waals surface area contributed by atoms with E-state index in [9.17, 15) is 9.59 Å². The van der Waals surface area contributed by atoms with E-state index in [0.29, 0.717) is 23.2 Å². The van der Waals surface area contributed by atoms with E-state index in [-0.39, 0.29) is 11.6 Å².